The highest BCUT2D eigenvalue weighted by atomic mass is 32.3. The van der Waals surface area contributed by atoms with E-state index in [1.54, 1.807) is 149 Å². The third kappa shape index (κ3) is 31.5. The fraction of sp³-hybridized carbons (Fsp3) is 0.271. The van der Waals surface area contributed by atoms with E-state index < -0.39 is 145 Å². The van der Waals surface area contributed by atoms with Crippen molar-refractivity contribution in [3.63, 3.8) is 0 Å². The predicted octanol–water partition coefficient (Wildman–Crippen LogP) is 30.7. The Bertz CT molecular complexity index is 6590. The number of benzene rings is 13. The molecule has 0 saturated heterocycles. The highest BCUT2D eigenvalue weighted by molar-refractivity contribution is 8.18. The van der Waals surface area contributed by atoms with Crippen molar-refractivity contribution >= 4 is 83.1 Å². The van der Waals surface area contributed by atoms with Crippen LogP contribution in [0, 0.1) is 75.6 Å². The van der Waals surface area contributed by atoms with E-state index in [2.05, 4.69) is 18.0 Å². The fourth-order valence-electron chi connectivity index (χ4n) is 14.0. The zero-order chi connectivity index (χ0) is 111. The Kier molecular flexibility index (Phi) is 42.2. The first-order valence-electron chi connectivity index (χ1n) is 45.3. The summed E-state index contributed by atoms with van der Waals surface area (Å²) in [7, 11) is -32.5. The first-order valence-corrected chi connectivity index (χ1v) is 56.0. The molecule has 0 aliphatic carbocycles. The van der Waals surface area contributed by atoms with Crippen LogP contribution in [0.3, 0.4) is 0 Å². The van der Waals surface area contributed by atoms with Crippen molar-refractivity contribution in [2.75, 3.05) is 0 Å². The lowest BCUT2D eigenvalue weighted by molar-refractivity contribution is -0.0425. The van der Waals surface area contributed by atoms with Gasteiger partial charge in [-0.3, -0.25) is 0 Å². The van der Waals surface area contributed by atoms with Crippen molar-refractivity contribution in [2.45, 2.75) is 242 Å². The first kappa shape index (κ1) is 122. The van der Waals surface area contributed by atoms with Crippen LogP contribution in [-0.2, 0) is 83.1 Å². The molecular weight excluding hydrogens is 2120 g/mol. The zero-order valence-corrected chi connectivity index (χ0v) is 89.2. The second kappa shape index (κ2) is 51.1. The highest BCUT2D eigenvalue weighted by Crippen LogP contribution is 2.48. The highest BCUT2D eigenvalue weighted by Gasteiger charge is 2.58. The Morgan fingerprint density at radius 1 is 0.243 bits per heavy atom. The smallest absolute Gasteiger partial charge is 0.480 e. The average Bonchev–Trinajstić information content (AvgIpc) is 0.475. The summed E-state index contributed by atoms with van der Waals surface area (Å²) in [6, 6.07) is 65.9. The molecule has 0 saturated carbocycles. The number of alkyl halides is 5. The molecule has 0 spiro atoms. The SMILES string of the molecule is CC(C)c1cc(C(C)C)c(OS(=O)(=O)C(F)(F)S(=O)(=O)[N-]S(=O)(=O)C(F)(F)F)c(C(C)C)c1.CC(C)c1cc(C(C)C)c(Oc2c(F)c(F)c(S(=O)(=O)[O-])c(F)c2F)c(C(C)C)c1.CC(C)c1cc(C(C)C)c(S(=O)(=O)[O-])c(C(C)C)c1.Fc1ccc([S+](c2ccc(F)cc2)c2ccc(F)cc2)cc1.Fc1ccc([S+](c2ccc(F)cc2)c2ccc(F)cc2)cc1.Fc1ccc([S+](c2ccc(F)cc2)c2ccc(F)cc2)cc1. The summed E-state index contributed by atoms with van der Waals surface area (Å²) in [5, 5.41) is 0. The first-order chi connectivity index (χ1) is 68.6. The van der Waals surface area contributed by atoms with Crippen LogP contribution in [0.2, 0.25) is 0 Å². The van der Waals surface area contributed by atoms with Crippen LogP contribution in [0.1, 0.15) is 228 Å². The maximum Gasteiger partial charge on any atom is 0.480 e. The van der Waals surface area contributed by atoms with Crippen LogP contribution >= 0.6 is 0 Å². The van der Waals surface area contributed by atoms with E-state index in [-0.39, 0.29) is 110 Å². The number of hydrogen-bond acceptors (Lipinski definition) is 14. The Labute approximate surface area is 859 Å². The number of nitrogens with zero attached hydrogens (tertiary/aromatic N) is 1. The minimum Gasteiger partial charge on any atom is -0.744 e. The third-order valence-electron chi connectivity index (χ3n) is 21.8. The maximum atomic E-state index is 14.5. The van der Waals surface area contributed by atoms with Crippen LogP contribution in [-0.4, -0.2) is 61.3 Å². The van der Waals surface area contributed by atoms with Gasteiger partial charge in [0.2, 0.25) is 17.4 Å². The molecule has 0 heterocycles. The fourth-order valence-corrected chi connectivity index (χ4v) is 25.6. The van der Waals surface area contributed by atoms with E-state index in [0.29, 0.717) is 33.7 Å². The predicted molar refractivity (Wildman–Crippen MR) is 534 cm³/mol. The number of halogens is 18. The van der Waals surface area contributed by atoms with E-state index in [1.807, 2.05) is 95.2 Å². The number of ether oxygens (including phenoxy) is 1. The van der Waals surface area contributed by atoms with Gasteiger partial charge < -0.3 is 22.2 Å². The Hall–Kier alpha value is -11.1. The number of rotatable bonds is 28. The molecule has 0 amide bonds. The lowest BCUT2D eigenvalue weighted by Gasteiger charge is -2.28. The molecule has 148 heavy (non-hydrogen) atoms. The summed E-state index contributed by atoms with van der Waals surface area (Å²) in [6.07, 6.45) is 0. The van der Waals surface area contributed by atoms with Crippen LogP contribution in [0.5, 0.6) is 17.2 Å². The van der Waals surface area contributed by atoms with E-state index >= 15 is 0 Å². The van der Waals surface area contributed by atoms with Gasteiger partial charge in [-0.1, -0.05) is 161 Å². The quantitative estimate of drug-likeness (QED) is 0.0145. The molecule has 41 heteroatoms. The maximum absolute atomic E-state index is 14.5. The normalized spacial score (nSPS) is 12.2. The van der Waals surface area contributed by atoms with Gasteiger partial charge in [-0.05, 0) is 322 Å². The summed E-state index contributed by atoms with van der Waals surface area (Å²) in [5.74, 6) is -14.7. The third-order valence-corrected chi connectivity index (χ3v) is 35.3. The Morgan fingerprint density at radius 3 is 0.595 bits per heavy atom. The van der Waals surface area contributed by atoms with Gasteiger partial charge in [0.05, 0.1) is 37.6 Å². The number of sulfonamides is 2. The Morgan fingerprint density at radius 2 is 0.426 bits per heavy atom. The van der Waals surface area contributed by atoms with Crippen molar-refractivity contribution in [1.82, 2.24) is 0 Å². The molecule has 0 aliphatic rings. The Balaban J connectivity index is 0.000000218. The minimum atomic E-state index is -7.10. The zero-order valence-electron chi connectivity index (χ0n) is 82.7. The second-order valence-corrected chi connectivity index (χ2v) is 49.9. The standard InChI is InChI=1S/C21H24F4O4S.3C18H12F3S.C17H23F5NO7S3.C15H24O3S/c1-9(2)12-7-13(10(3)4)19(14(8-12)11(5)6)29-20-15(22)17(24)21(30(26,27)28)18(25)16(20)23;3*19-13-1-7-16(8-2-13)22(17-9-3-14(20)4-10-17)18-11-5-15(21)6-12-18;1-9(2)12-7-13(10(3)4)15(14(8-12)11(5)6)30-33(28,29)17(21,22)32(26,27)23-31(24,25)16(18,19)20;1-9(2)12-7-13(10(3)4)15(19(16,17)18)14(8-12)11(5)6/h7-11H,1-6H3,(H,26,27,28);3*1-12H;7-11H,1-6H3;7-11H,1-6H3,(H,16,17,18)/q;3*+1;-1;/p-2. The van der Waals surface area contributed by atoms with Crippen LogP contribution in [0.15, 0.2) is 309 Å². The van der Waals surface area contributed by atoms with Crippen LogP contribution in [0.4, 0.5) is 79.0 Å². The topological polar surface area (TPSA) is 249 Å². The molecule has 0 unspecified atom stereocenters. The summed E-state index contributed by atoms with van der Waals surface area (Å²) in [6.45, 7) is 32.9. The molecule has 0 fully saturated rings. The molecule has 13 aromatic rings. The van der Waals surface area contributed by atoms with Crippen LogP contribution in [0.25, 0.3) is 4.13 Å². The monoisotopic (exact) mass is 2230 g/mol. The van der Waals surface area contributed by atoms with Gasteiger partial charge in [0, 0.05) is 0 Å². The van der Waals surface area contributed by atoms with Crippen molar-refractivity contribution in [3.8, 4) is 17.2 Å². The van der Waals surface area contributed by atoms with Gasteiger partial charge in [0.1, 0.15) is 89.0 Å². The van der Waals surface area contributed by atoms with E-state index in [9.17, 15) is 130 Å². The van der Waals surface area contributed by atoms with Crippen molar-refractivity contribution in [1.29, 1.82) is 0 Å². The molecular formula is C107H105F18NO14S8. The summed E-state index contributed by atoms with van der Waals surface area (Å²) >= 11 is 0. The molecule has 0 aliphatic heterocycles. The molecule has 13 aromatic carbocycles. The van der Waals surface area contributed by atoms with Gasteiger partial charge in [0.25, 0.3) is 0 Å². The molecule has 0 N–H and O–H groups in total. The van der Waals surface area contributed by atoms with Crippen molar-refractivity contribution < 1.29 is 139 Å². The number of hydrogen-bond donors (Lipinski definition) is 0. The van der Waals surface area contributed by atoms with E-state index in [4.69, 9.17) is 4.74 Å². The lowest BCUT2D eigenvalue weighted by Crippen LogP contribution is -2.42. The van der Waals surface area contributed by atoms with Gasteiger partial charge in [0.15, 0.2) is 75.7 Å². The average molecular weight is 2230 g/mol. The van der Waals surface area contributed by atoms with E-state index in [0.717, 1.165) is 59.3 Å². The van der Waals surface area contributed by atoms with Gasteiger partial charge in [-0.15, -0.1) is 0 Å². The molecule has 13 rings (SSSR count). The lowest BCUT2D eigenvalue weighted by atomic mass is 9.88. The molecule has 0 bridgehead atoms. The minimum absolute atomic E-state index is 0.00919. The van der Waals surface area contributed by atoms with Crippen molar-refractivity contribution in [3.05, 3.63) is 385 Å². The summed E-state index contributed by atoms with van der Waals surface area (Å²) < 4.78 is 384. The largest absolute Gasteiger partial charge is 0.744 e. The van der Waals surface area contributed by atoms with Crippen LogP contribution < -0.4 is 8.92 Å². The molecule has 0 aromatic heterocycles. The van der Waals surface area contributed by atoms with Gasteiger partial charge in [-0.2, -0.15) is 39.2 Å². The molecule has 0 atom stereocenters. The van der Waals surface area contributed by atoms with Gasteiger partial charge in [-0.25, -0.2) is 82.0 Å². The molecule has 0 radical (unpaired) electrons. The second-order valence-electron chi connectivity index (χ2n) is 35.9. The molecule has 796 valence electrons. The van der Waals surface area contributed by atoms with Gasteiger partial charge >= 0.3 is 20.2 Å². The summed E-state index contributed by atoms with van der Waals surface area (Å²) in [5.41, 5.74) is -1.00. The van der Waals surface area contributed by atoms with Crippen molar-refractivity contribution in [2.24, 2.45) is 0 Å². The van der Waals surface area contributed by atoms with E-state index in [1.165, 1.54) is 121 Å². The molecule has 15 nitrogen and oxygen atoms in total. The summed E-state index contributed by atoms with van der Waals surface area (Å²) in [4.78, 5) is 5.77.